The van der Waals surface area contributed by atoms with E-state index in [1.54, 1.807) is 0 Å². The van der Waals surface area contributed by atoms with E-state index in [9.17, 15) is 13.2 Å². The predicted octanol–water partition coefficient (Wildman–Crippen LogP) is 6.20. The van der Waals surface area contributed by atoms with Gasteiger partial charge in [-0.25, -0.2) is 13.2 Å². The number of hydrogen-bond acceptors (Lipinski definition) is 0. The van der Waals surface area contributed by atoms with Crippen LogP contribution in [0.25, 0.3) is 0 Å². The average Bonchev–Trinajstić information content (AvgIpc) is 2.52. The maximum absolute atomic E-state index is 13.2. The Balaban J connectivity index is 1.76. The molecule has 0 aromatic heterocycles. The van der Waals surface area contributed by atoms with Gasteiger partial charge in [-0.1, -0.05) is 31.9 Å². The molecule has 1 aromatic rings. The van der Waals surface area contributed by atoms with Gasteiger partial charge < -0.3 is 0 Å². The number of aryl methyl sites for hydroxylation is 1. The Morgan fingerprint density at radius 1 is 0.955 bits per heavy atom. The SMILES string of the molecule is CCC=CCC1CCC(CCc2cc(F)c(F)c(F)c2)CC1. The van der Waals surface area contributed by atoms with Crippen molar-refractivity contribution < 1.29 is 13.2 Å². The van der Waals surface area contributed by atoms with Crippen LogP contribution in [-0.4, -0.2) is 0 Å². The van der Waals surface area contributed by atoms with Gasteiger partial charge in [0.25, 0.3) is 0 Å². The van der Waals surface area contributed by atoms with Crippen LogP contribution in [0.3, 0.4) is 0 Å². The first-order valence-corrected chi connectivity index (χ1v) is 8.38. The maximum Gasteiger partial charge on any atom is 0.194 e. The molecule has 0 unspecified atom stereocenters. The van der Waals surface area contributed by atoms with Crippen LogP contribution in [0, 0.1) is 29.3 Å². The van der Waals surface area contributed by atoms with Crippen LogP contribution in [0.2, 0.25) is 0 Å². The number of allylic oxidation sites excluding steroid dienone is 2. The molecule has 0 nitrogen and oxygen atoms in total. The normalized spacial score (nSPS) is 22.4. The van der Waals surface area contributed by atoms with Crippen molar-refractivity contribution in [2.45, 2.75) is 58.3 Å². The first-order chi connectivity index (χ1) is 10.6. The lowest BCUT2D eigenvalue weighted by Crippen LogP contribution is -2.14. The smallest absolute Gasteiger partial charge is 0.194 e. The van der Waals surface area contributed by atoms with Crippen molar-refractivity contribution in [2.75, 3.05) is 0 Å². The fourth-order valence-corrected chi connectivity index (χ4v) is 3.33. The first-order valence-electron chi connectivity index (χ1n) is 8.38. The van der Waals surface area contributed by atoms with Crippen LogP contribution in [-0.2, 0) is 6.42 Å². The van der Waals surface area contributed by atoms with Crippen molar-refractivity contribution in [3.05, 3.63) is 47.3 Å². The van der Waals surface area contributed by atoms with Crippen LogP contribution in [0.1, 0.15) is 57.4 Å². The summed E-state index contributed by atoms with van der Waals surface area (Å²) in [4.78, 5) is 0. The summed E-state index contributed by atoms with van der Waals surface area (Å²) in [6, 6.07) is 2.25. The lowest BCUT2D eigenvalue weighted by Gasteiger charge is -2.28. The Kier molecular flexibility index (Phi) is 6.53. The molecular weight excluding hydrogens is 285 g/mol. The maximum atomic E-state index is 13.2. The lowest BCUT2D eigenvalue weighted by molar-refractivity contribution is 0.265. The zero-order chi connectivity index (χ0) is 15.9. The molecule has 0 radical (unpaired) electrons. The second-order valence-corrected chi connectivity index (χ2v) is 6.41. The Bertz CT molecular complexity index is 476. The van der Waals surface area contributed by atoms with Crippen molar-refractivity contribution in [3.8, 4) is 0 Å². The second-order valence-electron chi connectivity index (χ2n) is 6.41. The van der Waals surface area contributed by atoms with E-state index in [1.165, 1.54) is 32.1 Å². The van der Waals surface area contributed by atoms with Gasteiger partial charge in [0.05, 0.1) is 0 Å². The van der Waals surface area contributed by atoms with E-state index in [-0.39, 0.29) is 0 Å². The molecule has 0 aliphatic heterocycles. The third kappa shape index (κ3) is 4.89. The summed E-state index contributed by atoms with van der Waals surface area (Å²) in [7, 11) is 0. The van der Waals surface area contributed by atoms with Gasteiger partial charge >= 0.3 is 0 Å². The van der Waals surface area contributed by atoms with Crippen molar-refractivity contribution in [3.63, 3.8) is 0 Å². The molecule has 22 heavy (non-hydrogen) atoms. The van der Waals surface area contributed by atoms with Crippen LogP contribution < -0.4 is 0 Å². The molecule has 1 aliphatic rings. The van der Waals surface area contributed by atoms with E-state index in [0.29, 0.717) is 17.9 Å². The number of halogens is 3. The summed E-state index contributed by atoms with van der Waals surface area (Å²) in [5.41, 5.74) is 0.560. The molecule has 1 aromatic carbocycles. The Labute approximate surface area is 131 Å². The molecule has 1 saturated carbocycles. The molecule has 0 heterocycles. The Morgan fingerprint density at radius 3 is 2.14 bits per heavy atom. The van der Waals surface area contributed by atoms with E-state index in [2.05, 4.69) is 19.1 Å². The minimum atomic E-state index is -1.37. The van der Waals surface area contributed by atoms with Crippen molar-refractivity contribution in [1.82, 2.24) is 0 Å². The number of hydrogen-bond donors (Lipinski definition) is 0. The van der Waals surface area contributed by atoms with E-state index in [1.807, 2.05) is 0 Å². The van der Waals surface area contributed by atoms with Gasteiger partial charge in [0.2, 0.25) is 0 Å². The van der Waals surface area contributed by atoms with Crippen molar-refractivity contribution in [2.24, 2.45) is 11.8 Å². The molecule has 2 rings (SSSR count). The zero-order valence-electron chi connectivity index (χ0n) is 13.3. The van der Waals surface area contributed by atoms with Gasteiger partial charge in [-0.15, -0.1) is 0 Å². The van der Waals surface area contributed by atoms with E-state index >= 15 is 0 Å². The van der Waals surface area contributed by atoms with Gasteiger partial charge in [0, 0.05) is 0 Å². The summed E-state index contributed by atoms with van der Waals surface area (Å²) in [6.45, 7) is 2.15. The molecule has 122 valence electrons. The van der Waals surface area contributed by atoms with Crippen LogP contribution >= 0.6 is 0 Å². The molecular formula is C19H25F3. The highest BCUT2D eigenvalue weighted by Gasteiger charge is 2.20. The average molecular weight is 310 g/mol. The summed E-state index contributed by atoms with van der Waals surface area (Å²) >= 11 is 0. The molecule has 3 heteroatoms. The van der Waals surface area contributed by atoms with Gasteiger partial charge in [0.15, 0.2) is 17.5 Å². The quantitative estimate of drug-likeness (QED) is 0.433. The molecule has 0 amide bonds. The summed E-state index contributed by atoms with van der Waals surface area (Å²) in [5.74, 6) is -2.12. The summed E-state index contributed by atoms with van der Waals surface area (Å²) in [6.07, 6.45) is 13.2. The molecule has 1 aliphatic carbocycles. The largest absolute Gasteiger partial charge is 0.204 e. The second kappa shape index (κ2) is 8.40. The highest BCUT2D eigenvalue weighted by Crippen LogP contribution is 2.33. The van der Waals surface area contributed by atoms with Crippen molar-refractivity contribution in [1.29, 1.82) is 0 Å². The third-order valence-corrected chi connectivity index (χ3v) is 4.72. The Hall–Kier alpha value is -1.25. The fourth-order valence-electron chi connectivity index (χ4n) is 3.33. The number of rotatable bonds is 6. The molecule has 0 spiro atoms. The predicted molar refractivity (Wildman–Crippen MR) is 84.1 cm³/mol. The molecule has 0 bridgehead atoms. The van der Waals surface area contributed by atoms with Gasteiger partial charge in [0.1, 0.15) is 0 Å². The molecule has 0 N–H and O–H groups in total. The van der Waals surface area contributed by atoms with E-state index < -0.39 is 17.5 Å². The third-order valence-electron chi connectivity index (χ3n) is 4.72. The van der Waals surface area contributed by atoms with Gasteiger partial charge in [-0.2, -0.15) is 0 Å². The minimum absolute atomic E-state index is 0.560. The Morgan fingerprint density at radius 2 is 1.55 bits per heavy atom. The van der Waals surface area contributed by atoms with Gasteiger partial charge in [-0.3, -0.25) is 0 Å². The topological polar surface area (TPSA) is 0 Å². The van der Waals surface area contributed by atoms with E-state index in [0.717, 1.165) is 30.9 Å². The van der Waals surface area contributed by atoms with Crippen LogP contribution in [0.15, 0.2) is 24.3 Å². The van der Waals surface area contributed by atoms with Crippen LogP contribution in [0.4, 0.5) is 13.2 Å². The highest BCUT2D eigenvalue weighted by atomic mass is 19.2. The monoisotopic (exact) mass is 310 g/mol. The molecule has 0 saturated heterocycles. The summed E-state index contributed by atoms with van der Waals surface area (Å²) < 4.78 is 39.3. The highest BCUT2D eigenvalue weighted by molar-refractivity contribution is 5.19. The van der Waals surface area contributed by atoms with E-state index in [4.69, 9.17) is 0 Å². The van der Waals surface area contributed by atoms with Crippen molar-refractivity contribution >= 4 is 0 Å². The first kappa shape index (κ1) is 17.1. The van der Waals surface area contributed by atoms with Crippen LogP contribution in [0.5, 0.6) is 0 Å². The molecule has 1 fully saturated rings. The standard InChI is InChI=1S/C19H25F3/c1-2-3-4-5-14-6-8-15(9-7-14)10-11-16-12-17(20)19(22)18(21)13-16/h3-4,12-15H,2,5-11H2,1H3. The summed E-state index contributed by atoms with van der Waals surface area (Å²) in [5, 5.41) is 0. The zero-order valence-corrected chi connectivity index (χ0v) is 13.3. The number of benzene rings is 1. The fraction of sp³-hybridized carbons (Fsp3) is 0.579. The lowest BCUT2D eigenvalue weighted by atomic mass is 9.78. The minimum Gasteiger partial charge on any atom is -0.204 e. The van der Waals surface area contributed by atoms with Gasteiger partial charge in [-0.05, 0) is 68.1 Å². The molecule has 0 atom stereocenters.